The summed E-state index contributed by atoms with van der Waals surface area (Å²) in [6, 6.07) is 12.8. The normalized spacial score (nSPS) is 24.3. The van der Waals surface area contributed by atoms with E-state index < -0.39 is 0 Å². The summed E-state index contributed by atoms with van der Waals surface area (Å²) in [6.07, 6.45) is 5.31. The quantitative estimate of drug-likeness (QED) is 0.857. The Morgan fingerprint density at radius 2 is 1.96 bits per heavy atom. The van der Waals surface area contributed by atoms with Gasteiger partial charge in [-0.25, -0.2) is 0 Å². The summed E-state index contributed by atoms with van der Waals surface area (Å²) in [4.78, 5) is 12.3. The predicted molar refractivity (Wildman–Crippen MR) is 96.8 cm³/mol. The topological polar surface area (TPSA) is 29.1 Å². The summed E-state index contributed by atoms with van der Waals surface area (Å²) in [7, 11) is 0. The van der Waals surface area contributed by atoms with Crippen LogP contribution in [0.1, 0.15) is 43.7 Å². The van der Waals surface area contributed by atoms with Crippen LogP contribution in [0.4, 0.5) is 0 Å². The van der Waals surface area contributed by atoms with Gasteiger partial charge in [-0.2, -0.15) is 11.3 Å². The lowest BCUT2D eigenvalue weighted by Gasteiger charge is -2.40. The van der Waals surface area contributed by atoms with Crippen molar-refractivity contribution in [1.82, 2.24) is 5.32 Å². The van der Waals surface area contributed by atoms with Crippen LogP contribution in [-0.4, -0.2) is 12.5 Å². The molecule has 0 spiro atoms. The van der Waals surface area contributed by atoms with Crippen LogP contribution in [0.25, 0.3) is 0 Å². The molecule has 1 aromatic carbocycles. The first-order valence-electron chi connectivity index (χ1n) is 8.51. The van der Waals surface area contributed by atoms with E-state index in [4.69, 9.17) is 0 Å². The minimum absolute atomic E-state index is 0.109. The molecule has 23 heavy (non-hydrogen) atoms. The summed E-state index contributed by atoms with van der Waals surface area (Å²) in [6.45, 7) is 3.09. The maximum Gasteiger partial charge on any atom is 0.224 e. The maximum absolute atomic E-state index is 12.3. The fourth-order valence-corrected chi connectivity index (χ4v) is 4.25. The number of thiophene rings is 1. The van der Waals surface area contributed by atoms with Crippen molar-refractivity contribution in [3.63, 3.8) is 0 Å². The monoisotopic (exact) mass is 327 g/mol. The minimum atomic E-state index is 0.109. The Balaban J connectivity index is 1.68. The molecule has 1 heterocycles. The Labute approximate surface area is 142 Å². The number of benzene rings is 1. The lowest BCUT2D eigenvalue weighted by atomic mass is 9.67. The zero-order valence-electron chi connectivity index (χ0n) is 13.8. The highest BCUT2D eigenvalue weighted by Crippen LogP contribution is 2.41. The van der Waals surface area contributed by atoms with Crippen LogP contribution >= 0.6 is 11.3 Å². The van der Waals surface area contributed by atoms with Gasteiger partial charge in [0.25, 0.3) is 0 Å². The third kappa shape index (κ3) is 4.03. The van der Waals surface area contributed by atoms with Crippen molar-refractivity contribution in [2.75, 3.05) is 6.54 Å². The number of rotatable bonds is 5. The Morgan fingerprint density at radius 3 is 2.61 bits per heavy atom. The molecule has 1 N–H and O–H groups in total. The SMILES string of the molecule is CC1CCC(CNC(=O)Cc2ccsc2)(c2ccccc2)CC1. The number of carbonyl (C=O) groups is 1. The highest BCUT2D eigenvalue weighted by Gasteiger charge is 2.35. The van der Waals surface area contributed by atoms with E-state index in [9.17, 15) is 4.79 Å². The van der Waals surface area contributed by atoms with Crippen molar-refractivity contribution in [2.45, 2.75) is 44.4 Å². The van der Waals surface area contributed by atoms with Crippen LogP contribution in [0, 0.1) is 5.92 Å². The zero-order valence-corrected chi connectivity index (χ0v) is 14.6. The molecule has 122 valence electrons. The lowest BCUT2D eigenvalue weighted by Crippen LogP contribution is -2.43. The van der Waals surface area contributed by atoms with Gasteiger partial charge in [0, 0.05) is 12.0 Å². The Morgan fingerprint density at radius 1 is 1.22 bits per heavy atom. The molecule has 3 rings (SSSR count). The van der Waals surface area contributed by atoms with Gasteiger partial charge in [0.2, 0.25) is 5.91 Å². The maximum atomic E-state index is 12.3. The van der Waals surface area contributed by atoms with Crippen LogP contribution in [0.5, 0.6) is 0 Å². The fourth-order valence-electron chi connectivity index (χ4n) is 3.58. The van der Waals surface area contributed by atoms with Crippen LogP contribution in [0.3, 0.4) is 0 Å². The summed E-state index contributed by atoms with van der Waals surface area (Å²) >= 11 is 1.64. The van der Waals surface area contributed by atoms with Crippen LogP contribution in [-0.2, 0) is 16.6 Å². The first kappa shape index (κ1) is 16.3. The lowest BCUT2D eigenvalue weighted by molar-refractivity contribution is -0.120. The van der Waals surface area contributed by atoms with E-state index in [0.717, 1.165) is 30.9 Å². The van der Waals surface area contributed by atoms with Crippen molar-refractivity contribution in [1.29, 1.82) is 0 Å². The molecule has 1 amide bonds. The highest BCUT2D eigenvalue weighted by atomic mass is 32.1. The molecule has 0 radical (unpaired) electrons. The van der Waals surface area contributed by atoms with Gasteiger partial charge in [0.05, 0.1) is 6.42 Å². The third-order valence-corrected chi connectivity index (χ3v) is 5.92. The van der Waals surface area contributed by atoms with Gasteiger partial charge in [-0.3, -0.25) is 4.79 Å². The van der Waals surface area contributed by atoms with Crippen LogP contribution < -0.4 is 5.32 Å². The molecule has 0 atom stereocenters. The average Bonchev–Trinajstić information content (AvgIpc) is 3.08. The molecule has 1 saturated carbocycles. The van der Waals surface area contributed by atoms with E-state index in [1.807, 2.05) is 11.4 Å². The minimum Gasteiger partial charge on any atom is -0.355 e. The van der Waals surface area contributed by atoms with Gasteiger partial charge in [-0.1, -0.05) is 37.3 Å². The van der Waals surface area contributed by atoms with Gasteiger partial charge in [0.1, 0.15) is 0 Å². The first-order chi connectivity index (χ1) is 11.2. The molecule has 0 aliphatic heterocycles. The molecule has 0 unspecified atom stereocenters. The molecule has 3 heteroatoms. The molecule has 0 bridgehead atoms. The van der Waals surface area contributed by atoms with Crippen molar-refractivity contribution in [2.24, 2.45) is 5.92 Å². The van der Waals surface area contributed by atoms with Crippen molar-refractivity contribution in [3.8, 4) is 0 Å². The highest BCUT2D eigenvalue weighted by molar-refractivity contribution is 7.07. The van der Waals surface area contributed by atoms with Gasteiger partial charge in [0.15, 0.2) is 0 Å². The van der Waals surface area contributed by atoms with Crippen LogP contribution in [0.2, 0.25) is 0 Å². The second-order valence-electron chi connectivity index (χ2n) is 6.91. The van der Waals surface area contributed by atoms with E-state index in [0.29, 0.717) is 6.42 Å². The fraction of sp³-hybridized carbons (Fsp3) is 0.450. The Hall–Kier alpha value is -1.61. The number of carbonyl (C=O) groups excluding carboxylic acids is 1. The number of hydrogen-bond acceptors (Lipinski definition) is 2. The third-order valence-electron chi connectivity index (χ3n) is 5.19. The summed E-state index contributed by atoms with van der Waals surface area (Å²) in [5, 5.41) is 7.29. The average molecular weight is 327 g/mol. The number of amides is 1. The molecule has 1 aliphatic carbocycles. The second kappa shape index (κ2) is 7.31. The largest absolute Gasteiger partial charge is 0.355 e. The number of hydrogen-bond donors (Lipinski definition) is 1. The summed E-state index contributed by atoms with van der Waals surface area (Å²) in [5.74, 6) is 0.936. The van der Waals surface area contributed by atoms with Crippen molar-refractivity contribution >= 4 is 17.2 Å². The Kier molecular flexibility index (Phi) is 5.16. The van der Waals surface area contributed by atoms with E-state index in [2.05, 4.69) is 48.0 Å². The van der Waals surface area contributed by atoms with Crippen molar-refractivity contribution in [3.05, 3.63) is 58.3 Å². The Bertz CT molecular complexity index is 612. The van der Waals surface area contributed by atoms with E-state index in [1.54, 1.807) is 11.3 Å². The second-order valence-corrected chi connectivity index (χ2v) is 7.69. The summed E-state index contributed by atoms with van der Waals surface area (Å²) < 4.78 is 0. The molecule has 2 aromatic rings. The van der Waals surface area contributed by atoms with Gasteiger partial charge < -0.3 is 5.32 Å². The zero-order chi connectivity index (χ0) is 16.1. The van der Waals surface area contributed by atoms with E-state index >= 15 is 0 Å². The van der Waals surface area contributed by atoms with Gasteiger partial charge >= 0.3 is 0 Å². The summed E-state index contributed by atoms with van der Waals surface area (Å²) in [5.41, 5.74) is 2.60. The molecule has 1 fully saturated rings. The van der Waals surface area contributed by atoms with Gasteiger partial charge in [-0.05, 0) is 59.6 Å². The van der Waals surface area contributed by atoms with E-state index in [-0.39, 0.29) is 11.3 Å². The molecule has 1 aromatic heterocycles. The molecule has 1 aliphatic rings. The number of nitrogens with one attached hydrogen (secondary N) is 1. The van der Waals surface area contributed by atoms with Crippen molar-refractivity contribution < 1.29 is 4.79 Å². The predicted octanol–water partition coefficient (Wildman–Crippen LogP) is 4.55. The van der Waals surface area contributed by atoms with Crippen LogP contribution in [0.15, 0.2) is 47.2 Å². The molecular formula is C20H25NOS. The first-order valence-corrected chi connectivity index (χ1v) is 9.45. The molecular weight excluding hydrogens is 302 g/mol. The van der Waals surface area contributed by atoms with E-state index in [1.165, 1.54) is 18.4 Å². The molecule has 0 saturated heterocycles. The standard InChI is InChI=1S/C20H25NOS/c1-16-7-10-20(11-8-16,18-5-3-2-4-6-18)15-21-19(22)13-17-9-12-23-14-17/h2-6,9,12,14,16H,7-8,10-11,13,15H2,1H3,(H,21,22). The van der Waals surface area contributed by atoms with Gasteiger partial charge in [-0.15, -0.1) is 0 Å². The smallest absolute Gasteiger partial charge is 0.224 e. The molecule has 2 nitrogen and oxygen atoms in total.